The predicted molar refractivity (Wildman–Crippen MR) is 83.4 cm³/mol. The van der Waals surface area contributed by atoms with Crippen LogP contribution in [0.3, 0.4) is 0 Å². The maximum absolute atomic E-state index is 11.7. The van der Waals surface area contributed by atoms with Crippen LogP contribution in [0.4, 0.5) is 10.5 Å². The number of anilines is 1. The van der Waals surface area contributed by atoms with Gasteiger partial charge >= 0.3 is 12.0 Å². The minimum absolute atomic E-state index is 0.220. The number of urea groups is 1. The average molecular weight is 349 g/mol. The van der Waals surface area contributed by atoms with Gasteiger partial charge in [0.2, 0.25) is 0 Å². The molecule has 0 saturated heterocycles. The van der Waals surface area contributed by atoms with Crippen LogP contribution in [-0.4, -0.2) is 17.1 Å². The molecule has 0 saturated carbocycles. The van der Waals surface area contributed by atoms with Crippen LogP contribution in [0.15, 0.2) is 53.0 Å². The van der Waals surface area contributed by atoms with E-state index in [0.29, 0.717) is 12.2 Å². The Kier molecular flexibility index (Phi) is 4.94. The number of carbonyl (C=O) groups is 2. The molecule has 0 radical (unpaired) electrons. The van der Waals surface area contributed by atoms with E-state index in [0.717, 1.165) is 10.0 Å². The molecule has 2 amide bonds. The largest absolute Gasteiger partial charge is 0.478 e. The van der Waals surface area contributed by atoms with Gasteiger partial charge < -0.3 is 15.7 Å². The summed E-state index contributed by atoms with van der Waals surface area (Å²) in [4.78, 5) is 22.5. The number of halogens is 1. The molecule has 0 unspecified atom stereocenters. The summed E-state index contributed by atoms with van der Waals surface area (Å²) in [7, 11) is 0. The molecule has 0 aliphatic heterocycles. The molecule has 108 valence electrons. The maximum Gasteiger partial charge on any atom is 0.335 e. The van der Waals surface area contributed by atoms with Gasteiger partial charge in [0.15, 0.2) is 0 Å². The van der Waals surface area contributed by atoms with Crippen LogP contribution >= 0.6 is 15.9 Å². The zero-order valence-electron chi connectivity index (χ0n) is 11.0. The molecule has 2 aromatic rings. The third kappa shape index (κ3) is 4.61. The maximum atomic E-state index is 11.7. The van der Waals surface area contributed by atoms with Crippen LogP contribution in [0.2, 0.25) is 0 Å². The Morgan fingerprint density at radius 2 is 1.81 bits per heavy atom. The third-order valence-corrected chi connectivity index (χ3v) is 3.23. The molecule has 0 aliphatic carbocycles. The standard InChI is InChI=1S/C15H13BrN2O3/c16-12-2-1-3-13(8-12)18-15(21)17-9-10-4-6-11(7-5-10)14(19)20/h1-8H,9H2,(H,19,20)(H2,17,18,21). The van der Waals surface area contributed by atoms with Crippen molar-refractivity contribution in [2.45, 2.75) is 6.54 Å². The van der Waals surface area contributed by atoms with E-state index < -0.39 is 5.97 Å². The molecule has 0 aromatic heterocycles. The summed E-state index contributed by atoms with van der Waals surface area (Å²) in [5.74, 6) is -0.970. The van der Waals surface area contributed by atoms with E-state index >= 15 is 0 Å². The number of hydrogen-bond acceptors (Lipinski definition) is 2. The fourth-order valence-corrected chi connectivity index (χ4v) is 2.09. The van der Waals surface area contributed by atoms with Crippen LogP contribution in [0.5, 0.6) is 0 Å². The van der Waals surface area contributed by atoms with Crippen molar-refractivity contribution in [1.82, 2.24) is 5.32 Å². The summed E-state index contributed by atoms with van der Waals surface area (Å²) in [6.45, 7) is 0.319. The van der Waals surface area contributed by atoms with Crippen LogP contribution in [-0.2, 0) is 6.54 Å². The van der Waals surface area contributed by atoms with Crippen molar-refractivity contribution in [2.24, 2.45) is 0 Å². The number of benzene rings is 2. The van der Waals surface area contributed by atoms with Crippen molar-refractivity contribution in [3.8, 4) is 0 Å². The van der Waals surface area contributed by atoms with Gasteiger partial charge in [0, 0.05) is 16.7 Å². The minimum Gasteiger partial charge on any atom is -0.478 e. The second kappa shape index (κ2) is 6.90. The summed E-state index contributed by atoms with van der Waals surface area (Å²) in [6.07, 6.45) is 0. The second-order valence-corrected chi connectivity index (χ2v) is 5.24. The number of rotatable bonds is 4. The molecular weight excluding hydrogens is 336 g/mol. The number of carbonyl (C=O) groups excluding carboxylic acids is 1. The highest BCUT2D eigenvalue weighted by Gasteiger charge is 2.04. The zero-order chi connectivity index (χ0) is 15.2. The molecule has 0 aliphatic rings. The summed E-state index contributed by atoms with van der Waals surface area (Å²) in [5, 5.41) is 14.2. The van der Waals surface area contributed by atoms with Crippen LogP contribution in [0, 0.1) is 0 Å². The van der Waals surface area contributed by atoms with Gasteiger partial charge in [-0.25, -0.2) is 9.59 Å². The van der Waals surface area contributed by atoms with Crippen molar-refractivity contribution < 1.29 is 14.7 Å². The highest BCUT2D eigenvalue weighted by molar-refractivity contribution is 9.10. The fraction of sp³-hybridized carbons (Fsp3) is 0.0667. The van der Waals surface area contributed by atoms with Crippen LogP contribution in [0.25, 0.3) is 0 Å². The monoisotopic (exact) mass is 348 g/mol. The molecule has 2 aromatic carbocycles. The summed E-state index contributed by atoms with van der Waals surface area (Å²) in [5.41, 5.74) is 1.73. The Bertz CT molecular complexity index is 656. The molecular formula is C15H13BrN2O3. The van der Waals surface area contributed by atoms with Crippen LogP contribution < -0.4 is 10.6 Å². The topological polar surface area (TPSA) is 78.4 Å². The SMILES string of the molecule is O=C(NCc1ccc(C(=O)O)cc1)Nc1cccc(Br)c1. The molecule has 0 fully saturated rings. The van der Waals surface area contributed by atoms with Crippen LogP contribution in [0.1, 0.15) is 15.9 Å². The third-order valence-electron chi connectivity index (χ3n) is 2.74. The Morgan fingerprint density at radius 3 is 2.43 bits per heavy atom. The fourth-order valence-electron chi connectivity index (χ4n) is 1.69. The van der Waals surface area contributed by atoms with E-state index in [1.165, 1.54) is 12.1 Å². The summed E-state index contributed by atoms with van der Waals surface area (Å²) < 4.78 is 0.879. The Hall–Kier alpha value is -2.34. The average Bonchev–Trinajstić information content (AvgIpc) is 2.45. The summed E-state index contributed by atoms with van der Waals surface area (Å²) in [6, 6.07) is 13.3. The number of amides is 2. The molecule has 21 heavy (non-hydrogen) atoms. The normalized spacial score (nSPS) is 9.95. The molecule has 2 rings (SSSR count). The molecule has 3 N–H and O–H groups in total. The first-order valence-electron chi connectivity index (χ1n) is 6.17. The van der Waals surface area contributed by atoms with E-state index in [9.17, 15) is 9.59 Å². The van der Waals surface area contributed by atoms with Crippen molar-refractivity contribution in [2.75, 3.05) is 5.32 Å². The lowest BCUT2D eigenvalue weighted by Gasteiger charge is -2.08. The van der Waals surface area contributed by atoms with Crippen molar-refractivity contribution in [3.05, 3.63) is 64.1 Å². The first-order valence-corrected chi connectivity index (χ1v) is 6.96. The molecule has 0 atom stereocenters. The second-order valence-electron chi connectivity index (χ2n) is 4.32. The number of carboxylic acids is 1. The number of aromatic carboxylic acids is 1. The van der Waals surface area contributed by atoms with Crippen molar-refractivity contribution in [3.63, 3.8) is 0 Å². The lowest BCUT2D eigenvalue weighted by atomic mass is 10.1. The lowest BCUT2D eigenvalue weighted by Crippen LogP contribution is -2.28. The van der Waals surface area contributed by atoms with Gasteiger partial charge in [-0.1, -0.05) is 34.1 Å². The first-order chi connectivity index (χ1) is 10.0. The number of carboxylic acid groups (broad SMARTS) is 1. The van der Waals surface area contributed by atoms with Crippen molar-refractivity contribution >= 4 is 33.6 Å². The summed E-state index contributed by atoms with van der Waals surface area (Å²) >= 11 is 3.33. The molecule has 0 spiro atoms. The quantitative estimate of drug-likeness (QED) is 0.791. The van der Waals surface area contributed by atoms with Gasteiger partial charge in [0.25, 0.3) is 0 Å². The smallest absolute Gasteiger partial charge is 0.335 e. The van der Waals surface area contributed by atoms with E-state index in [4.69, 9.17) is 5.11 Å². The Balaban J connectivity index is 1.87. The number of hydrogen-bond donors (Lipinski definition) is 3. The zero-order valence-corrected chi connectivity index (χ0v) is 12.6. The number of nitrogens with one attached hydrogen (secondary N) is 2. The molecule has 0 heterocycles. The first kappa shape index (κ1) is 15.1. The van der Waals surface area contributed by atoms with Gasteiger partial charge in [0.1, 0.15) is 0 Å². The van der Waals surface area contributed by atoms with Gasteiger partial charge in [-0.2, -0.15) is 0 Å². The lowest BCUT2D eigenvalue weighted by molar-refractivity contribution is 0.0697. The van der Waals surface area contributed by atoms with E-state index in [-0.39, 0.29) is 11.6 Å². The predicted octanol–water partition coefficient (Wildman–Crippen LogP) is 3.47. The van der Waals surface area contributed by atoms with Gasteiger partial charge in [-0.15, -0.1) is 0 Å². The van der Waals surface area contributed by atoms with Gasteiger partial charge in [0.05, 0.1) is 5.56 Å². The van der Waals surface area contributed by atoms with Crippen molar-refractivity contribution in [1.29, 1.82) is 0 Å². The highest BCUT2D eigenvalue weighted by atomic mass is 79.9. The molecule has 0 bridgehead atoms. The van der Waals surface area contributed by atoms with Gasteiger partial charge in [-0.3, -0.25) is 0 Å². The Morgan fingerprint density at radius 1 is 1.10 bits per heavy atom. The van der Waals surface area contributed by atoms with E-state index in [1.807, 2.05) is 12.1 Å². The van der Waals surface area contributed by atoms with E-state index in [2.05, 4.69) is 26.6 Å². The minimum atomic E-state index is -0.970. The molecule has 5 nitrogen and oxygen atoms in total. The van der Waals surface area contributed by atoms with E-state index in [1.54, 1.807) is 24.3 Å². The molecule has 6 heteroatoms. The Labute approximate surface area is 130 Å². The highest BCUT2D eigenvalue weighted by Crippen LogP contribution is 2.15. The van der Waals surface area contributed by atoms with Gasteiger partial charge in [-0.05, 0) is 35.9 Å².